The average Bonchev–Trinajstić information content (AvgIpc) is 3.18. The summed E-state index contributed by atoms with van der Waals surface area (Å²) >= 11 is 0. The molecule has 2 heterocycles. The number of nitrogens with one attached hydrogen (secondary N) is 1. The van der Waals surface area contributed by atoms with Gasteiger partial charge in [0.15, 0.2) is 5.69 Å². The number of hydrogen-bond donors (Lipinski definition) is 1. The van der Waals surface area contributed by atoms with E-state index in [9.17, 15) is 4.79 Å². The molecule has 5 heteroatoms. The largest absolute Gasteiger partial charge is 0.360 e. The summed E-state index contributed by atoms with van der Waals surface area (Å²) in [5.74, 6) is 1.20. The first-order valence-electron chi connectivity index (χ1n) is 8.48. The molecule has 5 nitrogen and oxygen atoms in total. The third kappa shape index (κ3) is 3.69. The average molecular weight is 305 g/mol. The molecule has 1 saturated heterocycles. The molecular weight excluding hydrogens is 278 g/mol. The first-order valence-corrected chi connectivity index (χ1v) is 8.48. The second-order valence-electron chi connectivity index (χ2n) is 7.54. The second-order valence-corrected chi connectivity index (χ2v) is 7.54. The maximum absolute atomic E-state index is 12.4. The lowest BCUT2D eigenvalue weighted by molar-refractivity contribution is 0.0826. The summed E-state index contributed by atoms with van der Waals surface area (Å²) in [6, 6.07) is 2.39. The zero-order valence-corrected chi connectivity index (χ0v) is 13.9. The maximum Gasteiger partial charge on any atom is 0.273 e. The van der Waals surface area contributed by atoms with Crippen molar-refractivity contribution >= 4 is 5.91 Å². The lowest BCUT2D eigenvalue weighted by Crippen LogP contribution is -2.54. The van der Waals surface area contributed by atoms with Gasteiger partial charge in [0.05, 0.1) is 0 Å². The van der Waals surface area contributed by atoms with Gasteiger partial charge in [-0.3, -0.25) is 9.69 Å². The van der Waals surface area contributed by atoms with E-state index in [4.69, 9.17) is 4.52 Å². The Hall–Kier alpha value is -1.36. The highest BCUT2D eigenvalue weighted by Gasteiger charge is 2.31. The number of nitrogens with zero attached hydrogens (tertiary/aromatic N) is 2. The van der Waals surface area contributed by atoms with Gasteiger partial charge in [-0.05, 0) is 53.0 Å². The minimum absolute atomic E-state index is 0.134. The van der Waals surface area contributed by atoms with Crippen LogP contribution in [0.1, 0.15) is 75.0 Å². The van der Waals surface area contributed by atoms with Crippen molar-refractivity contribution in [3.8, 4) is 0 Å². The van der Waals surface area contributed by atoms with Crippen molar-refractivity contribution in [2.24, 2.45) is 0 Å². The molecule has 1 atom stereocenters. The molecule has 1 amide bonds. The molecule has 0 aromatic carbocycles. The molecule has 2 fully saturated rings. The summed E-state index contributed by atoms with van der Waals surface area (Å²) in [5.41, 5.74) is 0.128. The van der Waals surface area contributed by atoms with E-state index in [0.717, 1.165) is 31.7 Å². The Balaban J connectivity index is 1.58. The van der Waals surface area contributed by atoms with E-state index >= 15 is 0 Å². The molecule has 0 unspecified atom stereocenters. The van der Waals surface area contributed by atoms with E-state index in [2.05, 4.69) is 36.1 Å². The minimum atomic E-state index is -0.276. The minimum Gasteiger partial charge on any atom is -0.360 e. The Labute approximate surface area is 132 Å². The first kappa shape index (κ1) is 15.5. The van der Waals surface area contributed by atoms with Crippen molar-refractivity contribution in [3.05, 3.63) is 17.5 Å². The van der Waals surface area contributed by atoms with Crippen LogP contribution in [0, 0.1) is 0 Å². The van der Waals surface area contributed by atoms with Crippen molar-refractivity contribution in [2.45, 2.75) is 70.4 Å². The molecule has 1 aromatic rings. The molecule has 22 heavy (non-hydrogen) atoms. The first-order chi connectivity index (χ1) is 10.4. The van der Waals surface area contributed by atoms with Crippen LogP contribution in [0.3, 0.4) is 0 Å². The van der Waals surface area contributed by atoms with Gasteiger partial charge < -0.3 is 9.84 Å². The number of likely N-dealkylation sites (tertiary alicyclic amines) is 1. The smallest absolute Gasteiger partial charge is 0.273 e. The molecule has 1 saturated carbocycles. The van der Waals surface area contributed by atoms with Gasteiger partial charge in [-0.2, -0.15) is 0 Å². The van der Waals surface area contributed by atoms with E-state index in [-0.39, 0.29) is 11.4 Å². The van der Waals surface area contributed by atoms with Gasteiger partial charge in [-0.15, -0.1) is 0 Å². The Morgan fingerprint density at radius 1 is 1.41 bits per heavy atom. The molecular formula is C17H27N3O2. The van der Waals surface area contributed by atoms with E-state index < -0.39 is 0 Å². The fourth-order valence-electron chi connectivity index (χ4n) is 3.27. The fourth-order valence-corrected chi connectivity index (χ4v) is 3.27. The number of aromatic nitrogens is 1. The summed E-state index contributed by atoms with van der Waals surface area (Å²) in [7, 11) is 0. The van der Waals surface area contributed by atoms with E-state index in [0.29, 0.717) is 17.7 Å². The number of carbonyl (C=O) groups is 1. The zero-order valence-electron chi connectivity index (χ0n) is 13.9. The molecule has 1 aliphatic carbocycles. The third-order valence-corrected chi connectivity index (χ3v) is 4.73. The normalized spacial score (nSPS) is 23.5. The van der Waals surface area contributed by atoms with Crippen molar-refractivity contribution in [2.75, 3.05) is 13.1 Å². The summed E-state index contributed by atoms with van der Waals surface area (Å²) in [5, 5.41) is 7.03. The lowest BCUT2D eigenvalue weighted by atomic mass is 9.98. The Bertz CT molecular complexity index is 534. The summed E-state index contributed by atoms with van der Waals surface area (Å²) in [6.45, 7) is 8.42. The molecule has 0 bridgehead atoms. The molecule has 1 N–H and O–H groups in total. The topological polar surface area (TPSA) is 58.4 Å². The van der Waals surface area contributed by atoms with Gasteiger partial charge in [0.25, 0.3) is 5.91 Å². The standard InChI is InChI=1S/C17H27N3O2/c1-12-6-4-5-9-20(12)11-17(2,3)18-16(21)14-10-15(22-19-14)13-7-8-13/h10,12-13H,4-9,11H2,1-3H3,(H,18,21)/t12-/m0/s1. The summed E-state index contributed by atoms with van der Waals surface area (Å²) in [6.07, 6.45) is 6.11. The second kappa shape index (κ2) is 6.03. The summed E-state index contributed by atoms with van der Waals surface area (Å²) in [4.78, 5) is 14.9. The summed E-state index contributed by atoms with van der Waals surface area (Å²) < 4.78 is 5.27. The van der Waals surface area contributed by atoms with Crippen LogP contribution in [-0.4, -0.2) is 40.6 Å². The quantitative estimate of drug-likeness (QED) is 0.908. The van der Waals surface area contributed by atoms with Crippen LogP contribution in [0.25, 0.3) is 0 Å². The van der Waals surface area contributed by atoms with Gasteiger partial charge >= 0.3 is 0 Å². The number of hydrogen-bond acceptors (Lipinski definition) is 4. The van der Waals surface area contributed by atoms with Crippen LogP contribution >= 0.6 is 0 Å². The van der Waals surface area contributed by atoms with E-state index in [1.54, 1.807) is 6.07 Å². The molecule has 0 radical (unpaired) electrons. The SMILES string of the molecule is C[C@H]1CCCCN1CC(C)(C)NC(=O)c1cc(C2CC2)on1. The van der Waals surface area contributed by atoms with Gasteiger partial charge in [0.1, 0.15) is 5.76 Å². The van der Waals surface area contributed by atoms with Crippen LogP contribution in [0.5, 0.6) is 0 Å². The molecule has 1 aliphatic heterocycles. The number of amides is 1. The van der Waals surface area contributed by atoms with Crippen LogP contribution in [0.4, 0.5) is 0 Å². The van der Waals surface area contributed by atoms with Gasteiger partial charge in [0, 0.05) is 30.1 Å². The number of carbonyl (C=O) groups excluding carboxylic acids is 1. The van der Waals surface area contributed by atoms with Crippen molar-refractivity contribution in [3.63, 3.8) is 0 Å². The van der Waals surface area contributed by atoms with Crippen molar-refractivity contribution in [1.29, 1.82) is 0 Å². The van der Waals surface area contributed by atoms with E-state index in [1.807, 2.05) is 0 Å². The third-order valence-electron chi connectivity index (χ3n) is 4.73. The molecule has 1 aromatic heterocycles. The number of piperidine rings is 1. The van der Waals surface area contributed by atoms with E-state index in [1.165, 1.54) is 19.3 Å². The van der Waals surface area contributed by atoms with Gasteiger partial charge in [0.2, 0.25) is 0 Å². The van der Waals surface area contributed by atoms with Crippen LogP contribution in [-0.2, 0) is 0 Å². The van der Waals surface area contributed by atoms with Gasteiger partial charge in [-0.1, -0.05) is 11.6 Å². The fraction of sp³-hybridized carbons (Fsp3) is 0.765. The zero-order chi connectivity index (χ0) is 15.7. The van der Waals surface area contributed by atoms with Gasteiger partial charge in [-0.25, -0.2) is 0 Å². The highest BCUT2D eigenvalue weighted by Crippen LogP contribution is 2.40. The molecule has 122 valence electrons. The molecule has 3 rings (SSSR count). The molecule has 0 spiro atoms. The monoisotopic (exact) mass is 305 g/mol. The molecule has 2 aliphatic rings. The van der Waals surface area contributed by atoms with Crippen LogP contribution < -0.4 is 5.32 Å². The Morgan fingerprint density at radius 2 is 2.18 bits per heavy atom. The highest BCUT2D eigenvalue weighted by molar-refractivity contribution is 5.92. The van der Waals surface area contributed by atoms with Crippen molar-refractivity contribution in [1.82, 2.24) is 15.4 Å². The Kier molecular flexibility index (Phi) is 4.26. The maximum atomic E-state index is 12.4. The predicted octanol–water partition coefficient (Wildman–Crippen LogP) is 2.93. The van der Waals surface area contributed by atoms with Crippen LogP contribution in [0.2, 0.25) is 0 Å². The highest BCUT2D eigenvalue weighted by atomic mass is 16.5. The Morgan fingerprint density at radius 3 is 2.86 bits per heavy atom. The van der Waals surface area contributed by atoms with Crippen molar-refractivity contribution < 1.29 is 9.32 Å². The predicted molar refractivity (Wildman–Crippen MR) is 84.9 cm³/mol. The van der Waals surface area contributed by atoms with Crippen LogP contribution in [0.15, 0.2) is 10.6 Å². The lowest BCUT2D eigenvalue weighted by Gasteiger charge is -2.39. The number of rotatable bonds is 5.